The molecule has 2 aromatic heterocycles. The first-order chi connectivity index (χ1) is 13.6. The van der Waals surface area contributed by atoms with E-state index >= 15 is 0 Å². The van der Waals surface area contributed by atoms with Crippen LogP contribution in [-0.2, 0) is 0 Å². The number of carbonyl (C=O) groups excluding carboxylic acids is 1. The summed E-state index contributed by atoms with van der Waals surface area (Å²) >= 11 is 0. The molecule has 0 atom stereocenters. The van der Waals surface area contributed by atoms with Gasteiger partial charge >= 0.3 is 0 Å². The molecule has 1 N–H and O–H groups in total. The van der Waals surface area contributed by atoms with Crippen molar-refractivity contribution < 1.29 is 9.32 Å². The number of rotatable bonds is 4. The van der Waals surface area contributed by atoms with Crippen molar-refractivity contribution in [1.82, 2.24) is 20.0 Å². The van der Waals surface area contributed by atoms with E-state index in [1.807, 2.05) is 25.1 Å². The van der Waals surface area contributed by atoms with Crippen LogP contribution in [0.1, 0.15) is 21.8 Å². The summed E-state index contributed by atoms with van der Waals surface area (Å²) < 4.78 is 4.97. The molecule has 1 fully saturated rings. The lowest BCUT2D eigenvalue weighted by molar-refractivity contribution is 0.0704. The number of piperazine rings is 1. The molecule has 8 nitrogen and oxygen atoms in total. The van der Waals surface area contributed by atoms with Gasteiger partial charge in [0.25, 0.3) is 5.91 Å². The van der Waals surface area contributed by atoms with Crippen LogP contribution in [0.2, 0.25) is 0 Å². The number of anilines is 3. The van der Waals surface area contributed by atoms with Crippen molar-refractivity contribution in [2.75, 3.05) is 36.4 Å². The SMILES string of the molecule is Cc1ccc(Nc2cc(C)nc(N3CCN(C(=O)c4ccno4)CC3)n2)cc1. The number of benzene rings is 1. The third-order valence-corrected chi connectivity index (χ3v) is 4.66. The summed E-state index contributed by atoms with van der Waals surface area (Å²) in [5.74, 6) is 1.56. The van der Waals surface area contributed by atoms with Crippen molar-refractivity contribution >= 4 is 23.4 Å². The summed E-state index contributed by atoms with van der Waals surface area (Å²) in [7, 11) is 0. The average molecular weight is 378 g/mol. The van der Waals surface area contributed by atoms with Crippen LogP contribution in [0.3, 0.4) is 0 Å². The van der Waals surface area contributed by atoms with Crippen LogP contribution in [-0.4, -0.2) is 52.1 Å². The summed E-state index contributed by atoms with van der Waals surface area (Å²) in [6, 6.07) is 11.7. The number of nitrogens with one attached hydrogen (secondary N) is 1. The lowest BCUT2D eigenvalue weighted by atomic mass is 10.2. The molecule has 1 aliphatic heterocycles. The normalized spacial score (nSPS) is 14.2. The van der Waals surface area contributed by atoms with Gasteiger partial charge in [-0.3, -0.25) is 4.79 Å². The molecule has 3 aromatic rings. The maximum absolute atomic E-state index is 12.4. The van der Waals surface area contributed by atoms with E-state index in [9.17, 15) is 4.79 Å². The predicted octanol–water partition coefficient (Wildman–Crippen LogP) is 2.79. The minimum atomic E-state index is -0.135. The molecule has 4 rings (SSSR count). The van der Waals surface area contributed by atoms with Gasteiger partial charge < -0.3 is 19.6 Å². The van der Waals surface area contributed by atoms with Gasteiger partial charge in [0.05, 0.1) is 6.20 Å². The predicted molar refractivity (Wildman–Crippen MR) is 106 cm³/mol. The molecule has 0 bridgehead atoms. The van der Waals surface area contributed by atoms with Crippen molar-refractivity contribution in [2.45, 2.75) is 13.8 Å². The fourth-order valence-electron chi connectivity index (χ4n) is 3.13. The Kier molecular flexibility index (Phi) is 4.92. The Morgan fingerprint density at radius 2 is 1.79 bits per heavy atom. The Balaban J connectivity index is 1.44. The molecular weight excluding hydrogens is 356 g/mol. The Morgan fingerprint density at radius 3 is 2.46 bits per heavy atom. The minimum Gasteiger partial charge on any atom is -0.351 e. The molecule has 0 radical (unpaired) electrons. The smallest absolute Gasteiger partial charge is 0.292 e. The van der Waals surface area contributed by atoms with Crippen molar-refractivity contribution in [3.05, 3.63) is 59.6 Å². The molecule has 8 heteroatoms. The zero-order valence-corrected chi connectivity index (χ0v) is 15.9. The highest BCUT2D eigenvalue weighted by molar-refractivity contribution is 5.91. The molecule has 0 unspecified atom stereocenters. The van der Waals surface area contributed by atoms with E-state index in [0.717, 1.165) is 17.2 Å². The van der Waals surface area contributed by atoms with Crippen LogP contribution in [0.5, 0.6) is 0 Å². The molecule has 1 aliphatic rings. The molecule has 0 aliphatic carbocycles. The van der Waals surface area contributed by atoms with E-state index in [2.05, 4.69) is 44.4 Å². The molecule has 0 spiro atoms. The third-order valence-electron chi connectivity index (χ3n) is 4.66. The Hall–Kier alpha value is -3.42. The quantitative estimate of drug-likeness (QED) is 0.747. The zero-order valence-electron chi connectivity index (χ0n) is 15.9. The van der Waals surface area contributed by atoms with Crippen molar-refractivity contribution in [1.29, 1.82) is 0 Å². The van der Waals surface area contributed by atoms with Gasteiger partial charge in [-0.2, -0.15) is 4.98 Å². The van der Waals surface area contributed by atoms with E-state index in [4.69, 9.17) is 4.52 Å². The van der Waals surface area contributed by atoms with Gasteiger partial charge in [0.15, 0.2) is 0 Å². The Labute approximate surface area is 163 Å². The lowest BCUT2D eigenvalue weighted by Gasteiger charge is -2.34. The van der Waals surface area contributed by atoms with Gasteiger partial charge in [-0.15, -0.1) is 0 Å². The first-order valence-corrected chi connectivity index (χ1v) is 9.23. The summed E-state index contributed by atoms with van der Waals surface area (Å²) in [6.07, 6.45) is 1.48. The fraction of sp³-hybridized carbons (Fsp3) is 0.300. The molecular formula is C20H22N6O2. The lowest BCUT2D eigenvalue weighted by Crippen LogP contribution is -2.49. The molecule has 1 aromatic carbocycles. The van der Waals surface area contributed by atoms with Gasteiger partial charge in [-0.25, -0.2) is 4.98 Å². The first kappa shape index (κ1) is 18.0. The maximum atomic E-state index is 12.4. The highest BCUT2D eigenvalue weighted by Crippen LogP contribution is 2.20. The van der Waals surface area contributed by atoms with Crippen molar-refractivity contribution in [2.24, 2.45) is 0 Å². The number of aryl methyl sites for hydroxylation is 2. The van der Waals surface area contributed by atoms with E-state index in [0.29, 0.717) is 32.1 Å². The van der Waals surface area contributed by atoms with Crippen LogP contribution in [0.15, 0.2) is 47.1 Å². The molecule has 1 amide bonds. The summed E-state index contributed by atoms with van der Waals surface area (Å²) in [6.45, 7) is 6.49. The number of aromatic nitrogens is 3. The highest BCUT2D eigenvalue weighted by Gasteiger charge is 2.25. The number of hydrogen-bond donors (Lipinski definition) is 1. The second kappa shape index (κ2) is 7.67. The average Bonchev–Trinajstić information content (AvgIpc) is 3.24. The van der Waals surface area contributed by atoms with Crippen molar-refractivity contribution in [3.63, 3.8) is 0 Å². The van der Waals surface area contributed by atoms with Crippen LogP contribution < -0.4 is 10.2 Å². The van der Waals surface area contributed by atoms with Crippen LogP contribution >= 0.6 is 0 Å². The van der Waals surface area contributed by atoms with Crippen LogP contribution in [0.25, 0.3) is 0 Å². The summed E-state index contributed by atoms with van der Waals surface area (Å²) in [5, 5.41) is 6.93. The first-order valence-electron chi connectivity index (χ1n) is 9.23. The standard InChI is InChI=1S/C20H22N6O2/c1-14-3-5-16(6-4-14)23-18-13-15(2)22-20(24-18)26-11-9-25(10-12-26)19(27)17-7-8-21-28-17/h3-8,13H,9-12H2,1-2H3,(H,22,23,24). The fourth-order valence-corrected chi connectivity index (χ4v) is 3.13. The van der Waals surface area contributed by atoms with Gasteiger partial charge in [-0.1, -0.05) is 22.9 Å². The maximum Gasteiger partial charge on any atom is 0.292 e. The minimum absolute atomic E-state index is 0.135. The van der Waals surface area contributed by atoms with Crippen LogP contribution in [0, 0.1) is 13.8 Å². The van der Waals surface area contributed by atoms with Gasteiger partial charge in [0.1, 0.15) is 5.82 Å². The van der Waals surface area contributed by atoms with E-state index in [1.54, 1.807) is 11.0 Å². The highest BCUT2D eigenvalue weighted by atomic mass is 16.5. The zero-order chi connectivity index (χ0) is 19.5. The molecule has 3 heterocycles. The second-order valence-electron chi connectivity index (χ2n) is 6.84. The largest absolute Gasteiger partial charge is 0.351 e. The molecule has 28 heavy (non-hydrogen) atoms. The van der Waals surface area contributed by atoms with E-state index < -0.39 is 0 Å². The number of amides is 1. The van der Waals surface area contributed by atoms with E-state index in [1.165, 1.54) is 11.8 Å². The van der Waals surface area contributed by atoms with Crippen LogP contribution in [0.4, 0.5) is 17.5 Å². The Bertz CT molecular complexity index is 947. The molecule has 0 saturated carbocycles. The number of hydrogen-bond acceptors (Lipinski definition) is 7. The number of carbonyl (C=O) groups is 1. The number of nitrogens with zero attached hydrogens (tertiary/aromatic N) is 5. The third kappa shape index (κ3) is 3.95. The van der Waals surface area contributed by atoms with Gasteiger partial charge in [0.2, 0.25) is 11.7 Å². The van der Waals surface area contributed by atoms with Crippen molar-refractivity contribution in [3.8, 4) is 0 Å². The summed E-state index contributed by atoms with van der Waals surface area (Å²) in [4.78, 5) is 25.5. The van der Waals surface area contributed by atoms with Gasteiger partial charge in [-0.05, 0) is 26.0 Å². The topological polar surface area (TPSA) is 87.4 Å². The molecule has 1 saturated heterocycles. The Morgan fingerprint density at radius 1 is 1.04 bits per heavy atom. The van der Waals surface area contributed by atoms with Gasteiger partial charge in [0, 0.05) is 49.7 Å². The van der Waals surface area contributed by atoms with E-state index in [-0.39, 0.29) is 11.7 Å². The monoisotopic (exact) mass is 378 g/mol. The molecule has 144 valence electrons. The summed E-state index contributed by atoms with van der Waals surface area (Å²) in [5.41, 5.74) is 3.08. The second-order valence-corrected chi connectivity index (χ2v) is 6.84.